The summed E-state index contributed by atoms with van der Waals surface area (Å²) in [6.45, 7) is 12.8. The summed E-state index contributed by atoms with van der Waals surface area (Å²) in [6, 6.07) is 86.1. The van der Waals surface area contributed by atoms with E-state index in [2.05, 4.69) is 276 Å². The number of hydrogen-bond acceptors (Lipinski definition) is 3. The SMILES string of the molecule is BrB(Br)Br.Brc1ccccc1-c1ccccc1Br.C[Si](C)(C)c1ccccc1Oc1ccccc1.[CH2-]CCC.[Li+].c1ccc2c(c1)Oc1ccccc1B2c1ccccc1-c1ccccc1B1c2ccccc2Oc2ccccc21. The van der Waals surface area contributed by atoms with Crippen molar-refractivity contribution in [2.45, 2.75) is 39.4 Å². The van der Waals surface area contributed by atoms with Gasteiger partial charge in [-0.25, -0.2) is 0 Å². The monoisotopic (exact) mass is 1370 g/mol. The van der Waals surface area contributed by atoms with Crippen molar-refractivity contribution in [2.24, 2.45) is 0 Å². The number of hydrogen-bond donors (Lipinski definition) is 0. The van der Waals surface area contributed by atoms with Crippen LogP contribution in [0.3, 0.4) is 0 Å². The normalized spacial score (nSPS) is 11.3. The number of fused-ring (bicyclic) bond motifs is 4. The van der Waals surface area contributed by atoms with Gasteiger partial charge in [-0.05, 0) is 104 Å². The molecule has 2 aliphatic rings. The minimum atomic E-state index is -1.36. The summed E-state index contributed by atoms with van der Waals surface area (Å²) < 4.78 is 21.2. The van der Waals surface area contributed by atoms with Crippen molar-refractivity contribution < 1.29 is 33.1 Å². The van der Waals surface area contributed by atoms with Crippen LogP contribution < -0.4 is 71.0 Å². The van der Waals surface area contributed by atoms with Crippen LogP contribution in [0.1, 0.15) is 19.8 Å². The molecule has 0 amide bonds. The van der Waals surface area contributed by atoms with Gasteiger partial charge in [-0.3, -0.25) is 0 Å². The molecule has 80 heavy (non-hydrogen) atoms. The Kier molecular flexibility index (Phi) is 24.2. The van der Waals surface area contributed by atoms with Crippen LogP contribution in [0, 0.1) is 6.92 Å². The zero-order valence-electron chi connectivity index (χ0n) is 45.6. The van der Waals surface area contributed by atoms with E-state index in [1.165, 1.54) is 66.6 Å². The number of halogens is 5. The average molecular weight is 1380 g/mol. The minimum Gasteiger partial charge on any atom is -0.458 e. The first-order chi connectivity index (χ1) is 38.4. The molecule has 0 spiro atoms. The maximum Gasteiger partial charge on any atom is 1.00 e. The van der Waals surface area contributed by atoms with Gasteiger partial charge in [-0.2, -0.15) is 6.42 Å². The predicted molar refractivity (Wildman–Crippen MR) is 363 cm³/mol. The van der Waals surface area contributed by atoms with E-state index in [1.807, 2.05) is 84.9 Å². The van der Waals surface area contributed by atoms with Crippen molar-refractivity contribution in [3.05, 3.63) is 265 Å². The van der Waals surface area contributed by atoms with Crippen LogP contribution in [0.4, 0.5) is 0 Å². The molecule has 394 valence electrons. The Morgan fingerprint density at radius 2 is 0.700 bits per heavy atom. The van der Waals surface area contributed by atoms with Gasteiger partial charge in [0.2, 0.25) is 0 Å². The third-order valence-electron chi connectivity index (χ3n) is 13.3. The fourth-order valence-electron chi connectivity index (χ4n) is 9.63. The molecule has 0 N–H and O–H groups in total. The second-order valence-corrected chi connectivity index (χ2v) is 32.8. The van der Waals surface area contributed by atoms with Crippen LogP contribution in [-0.2, 0) is 0 Å². The Morgan fingerprint density at radius 3 is 1.05 bits per heavy atom. The molecule has 2 aliphatic heterocycles. The van der Waals surface area contributed by atoms with Crippen molar-refractivity contribution in [1.29, 1.82) is 0 Å². The molecule has 0 fully saturated rings. The zero-order valence-corrected chi connectivity index (χ0v) is 54.6. The molecule has 0 saturated heterocycles. The molecule has 0 saturated carbocycles. The first-order valence-electron chi connectivity index (χ1n) is 26.3. The van der Waals surface area contributed by atoms with Crippen LogP contribution in [-0.4, -0.2) is 24.7 Å². The Balaban J connectivity index is 0.000000190. The Bertz CT molecular complexity index is 3310. The molecule has 3 nitrogen and oxygen atoms in total. The number of benzene rings is 10. The van der Waals surface area contributed by atoms with E-state index in [0.717, 1.165) is 49.9 Å². The summed E-state index contributed by atoms with van der Waals surface area (Å²) >= 11 is 16.4. The molecule has 10 aromatic carbocycles. The Morgan fingerprint density at radius 1 is 0.412 bits per heavy atom. The average Bonchev–Trinajstić information content (AvgIpc) is 3.53. The molecule has 0 unspecified atom stereocenters. The molecular formula is C67H59B3Br5LiO3Si. The maximum absolute atomic E-state index is 6.36. The summed E-state index contributed by atoms with van der Waals surface area (Å²) in [5, 5.41) is 1.36. The van der Waals surface area contributed by atoms with Gasteiger partial charge in [0.1, 0.15) is 34.5 Å². The van der Waals surface area contributed by atoms with Crippen molar-refractivity contribution >= 4 is 142 Å². The van der Waals surface area contributed by atoms with Crippen LogP contribution >= 0.6 is 79.1 Å². The molecule has 12 rings (SSSR count). The summed E-state index contributed by atoms with van der Waals surface area (Å²) in [5.41, 5.74) is 12.2. The van der Waals surface area contributed by atoms with E-state index in [0.29, 0.717) is 0 Å². The maximum atomic E-state index is 6.36. The summed E-state index contributed by atoms with van der Waals surface area (Å²) in [4.78, 5) is 0. The van der Waals surface area contributed by atoms with Gasteiger partial charge in [0.05, 0.1) is 8.07 Å². The number of unbranched alkanes of at least 4 members (excludes halogenated alkanes) is 1. The minimum absolute atomic E-state index is 0. The third kappa shape index (κ3) is 16.2. The summed E-state index contributed by atoms with van der Waals surface area (Å²) in [5.74, 6) is 5.57. The van der Waals surface area contributed by atoms with Gasteiger partial charge >= 0.3 is 22.0 Å². The third-order valence-corrected chi connectivity index (χ3v) is 16.7. The van der Waals surface area contributed by atoms with Crippen LogP contribution in [0.25, 0.3) is 22.3 Å². The number of rotatable bonds is 8. The van der Waals surface area contributed by atoms with Crippen molar-refractivity contribution in [3.8, 4) is 56.8 Å². The van der Waals surface area contributed by atoms with Crippen molar-refractivity contribution in [3.63, 3.8) is 0 Å². The van der Waals surface area contributed by atoms with E-state index in [9.17, 15) is 0 Å². The fraction of sp³-hybridized carbons (Fsp3) is 0.0896. The van der Waals surface area contributed by atoms with Crippen molar-refractivity contribution in [1.82, 2.24) is 0 Å². The van der Waals surface area contributed by atoms with Gasteiger partial charge in [-0.1, -0.05) is 270 Å². The second-order valence-electron chi connectivity index (χ2n) is 19.6. The summed E-state index contributed by atoms with van der Waals surface area (Å²) in [6.07, 6.45) is 2.28. The van der Waals surface area contributed by atoms with Crippen LogP contribution in [0.15, 0.2) is 258 Å². The summed E-state index contributed by atoms with van der Waals surface area (Å²) in [7, 11) is -1.36. The Labute approximate surface area is 530 Å². The fourth-order valence-corrected chi connectivity index (χ4v) is 12.1. The van der Waals surface area contributed by atoms with Gasteiger partial charge in [-0.15, -0.1) is 47.3 Å². The van der Waals surface area contributed by atoms with Crippen molar-refractivity contribution in [2.75, 3.05) is 0 Å². The largest absolute Gasteiger partial charge is 1.00 e. The molecule has 0 radical (unpaired) electrons. The molecule has 0 atom stereocenters. The molecular weight excluding hydrogens is 1320 g/mol. The molecule has 13 heteroatoms. The van der Waals surface area contributed by atoms with Gasteiger partial charge < -0.3 is 21.1 Å². The topological polar surface area (TPSA) is 27.7 Å². The zero-order chi connectivity index (χ0) is 55.7. The smallest absolute Gasteiger partial charge is 0.458 e. The van der Waals surface area contributed by atoms with Gasteiger partial charge in [0.15, 0.2) is 0 Å². The van der Waals surface area contributed by atoms with Crippen LogP contribution in [0.2, 0.25) is 19.6 Å². The molecule has 2 heterocycles. The first kappa shape index (κ1) is 62.6. The van der Waals surface area contributed by atoms with Crippen LogP contribution in [0.5, 0.6) is 34.5 Å². The number of para-hydroxylation sites is 6. The number of ether oxygens (including phenoxy) is 3. The first-order valence-corrected chi connectivity index (χ1v) is 34.1. The predicted octanol–water partition coefficient (Wildman–Crippen LogP) is 14.3. The molecule has 0 bridgehead atoms. The van der Waals surface area contributed by atoms with E-state index in [1.54, 1.807) is 0 Å². The van der Waals surface area contributed by atoms with Gasteiger partial charge in [0.25, 0.3) is 13.4 Å². The standard InChI is InChI=1S/C36H24B2O2.C15H18OSi.C12H8Br2.C4H9.BBr3.Li/c1-3-15-27(37-29-17-5-9-21-33(29)39-34-22-10-6-18-30(34)37)25(13-1)26-14-2-4-16-28(26)38-31-19-7-11-23-35(31)40-36-24-12-8-20-32(36)38;1-17(2,3)15-12-8-7-11-14(15)16-13-9-5-4-6-10-13;13-11-7-3-1-5-9(11)10-6-2-4-8-12(10)14;1-3-4-2;2-1(3)4;/h1-24H;4-12H,1-3H3;1-8H;1,3-4H2,2H3;;/q;;;-1;;+1. The quantitative estimate of drug-likeness (QED) is 0.112. The van der Waals surface area contributed by atoms with E-state index < -0.39 is 8.07 Å². The molecule has 0 aromatic heterocycles. The van der Waals surface area contributed by atoms with E-state index in [-0.39, 0.29) is 35.5 Å². The van der Waals surface area contributed by atoms with Gasteiger partial charge in [0, 0.05) is 8.95 Å². The van der Waals surface area contributed by atoms with E-state index >= 15 is 0 Å². The second kappa shape index (κ2) is 30.9. The Hall–Kier alpha value is -4.99. The van der Waals surface area contributed by atoms with E-state index in [4.69, 9.17) is 14.2 Å². The molecule has 10 aromatic rings. The molecule has 0 aliphatic carbocycles.